The highest BCUT2D eigenvalue weighted by molar-refractivity contribution is 5.87. The molecule has 1 saturated heterocycles. The van der Waals surface area contributed by atoms with Gasteiger partial charge in [0, 0.05) is 13.1 Å². The van der Waals surface area contributed by atoms with Crippen molar-refractivity contribution >= 4 is 16.7 Å². The number of benzene rings is 2. The zero-order chi connectivity index (χ0) is 22.0. The molecule has 4 nitrogen and oxygen atoms in total. The molecule has 1 aliphatic carbocycles. The maximum absolute atomic E-state index is 11.8. The molecule has 0 amide bonds. The molecular weight excluding hydrogens is 386 g/mol. The second-order valence-electron chi connectivity index (χ2n) is 9.94. The standard InChI is InChI=1S/C27H37NO3/c1-18(2)21-7-9-24(10-8-21)31-25-13-19(3)26-14-20(5-6-22(26)15-25)16-28-12-11-23(17-28)27(29)30-4/h5-6,13-15,18,21,23-24H,7-12,16-17H2,1-4H3. The molecule has 1 aliphatic heterocycles. The van der Waals surface area contributed by atoms with E-state index in [4.69, 9.17) is 9.47 Å². The van der Waals surface area contributed by atoms with Gasteiger partial charge in [-0.2, -0.15) is 0 Å². The lowest BCUT2D eigenvalue weighted by atomic mass is 9.80. The fourth-order valence-electron chi connectivity index (χ4n) is 5.38. The normalized spacial score (nSPS) is 24.6. The van der Waals surface area contributed by atoms with Crippen molar-refractivity contribution in [1.82, 2.24) is 4.90 Å². The lowest BCUT2D eigenvalue weighted by Gasteiger charge is -2.31. The molecule has 2 aromatic carbocycles. The van der Waals surface area contributed by atoms with Gasteiger partial charge in [-0.05, 0) is 97.5 Å². The van der Waals surface area contributed by atoms with E-state index in [-0.39, 0.29) is 11.9 Å². The van der Waals surface area contributed by atoms with Crippen molar-refractivity contribution in [3.63, 3.8) is 0 Å². The monoisotopic (exact) mass is 423 g/mol. The Morgan fingerprint density at radius 3 is 2.58 bits per heavy atom. The van der Waals surface area contributed by atoms with Crippen molar-refractivity contribution in [3.05, 3.63) is 41.5 Å². The van der Waals surface area contributed by atoms with Crippen molar-refractivity contribution < 1.29 is 14.3 Å². The van der Waals surface area contributed by atoms with Crippen LogP contribution < -0.4 is 4.74 Å². The second kappa shape index (κ2) is 9.60. The molecule has 1 unspecified atom stereocenters. The maximum Gasteiger partial charge on any atom is 0.310 e. The zero-order valence-electron chi connectivity index (χ0n) is 19.5. The number of nitrogens with zero attached hydrogens (tertiary/aromatic N) is 1. The first-order valence-electron chi connectivity index (χ1n) is 11.9. The molecule has 168 valence electrons. The third-order valence-corrected chi connectivity index (χ3v) is 7.38. The van der Waals surface area contributed by atoms with Gasteiger partial charge in [0.1, 0.15) is 5.75 Å². The van der Waals surface area contributed by atoms with Crippen LogP contribution in [0, 0.1) is 24.7 Å². The highest BCUT2D eigenvalue weighted by Crippen LogP contribution is 2.34. The number of hydrogen-bond donors (Lipinski definition) is 0. The van der Waals surface area contributed by atoms with Crippen LogP contribution in [0.25, 0.3) is 10.8 Å². The van der Waals surface area contributed by atoms with Gasteiger partial charge < -0.3 is 9.47 Å². The molecule has 1 heterocycles. The topological polar surface area (TPSA) is 38.8 Å². The average molecular weight is 424 g/mol. The largest absolute Gasteiger partial charge is 0.490 e. The summed E-state index contributed by atoms with van der Waals surface area (Å²) in [6.45, 7) is 9.47. The molecule has 31 heavy (non-hydrogen) atoms. The molecule has 4 heteroatoms. The molecule has 0 N–H and O–H groups in total. The molecule has 2 aromatic rings. The Kier molecular flexibility index (Phi) is 6.86. The first kappa shape index (κ1) is 22.1. The van der Waals surface area contributed by atoms with Gasteiger partial charge in [0.05, 0.1) is 19.1 Å². The molecule has 1 saturated carbocycles. The van der Waals surface area contributed by atoms with E-state index >= 15 is 0 Å². The van der Waals surface area contributed by atoms with Crippen molar-refractivity contribution in [2.75, 3.05) is 20.2 Å². The van der Waals surface area contributed by atoms with Gasteiger partial charge in [0.25, 0.3) is 0 Å². The number of esters is 1. The second-order valence-corrected chi connectivity index (χ2v) is 9.94. The summed E-state index contributed by atoms with van der Waals surface area (Å²) in [5, 5.41) is 2.53. The Bertz CT molecular complexity index is 914. The summed E-state index contributed by atoms with van der Waals surface area (Å²) in [5.74, 6) is 2.58. The number of carbonyl (C=O) groups is 1. The lowest BCUT2D eigenvalue weighted by molar-refractivity contribution is -0.144. The Hall–Kier alpha value is -2.07. The van der Waals surface area contributed by atoms with Crippen LogP contribution in [0.15, 0.2) is 30.3 Å². The molecule has 4 rings (SSSR count). The number of fused-ring (bicyclic) bond motifs is 1. The minimum atomic E-state index is -0.0814. The predicted octanol–water partition coefficient (Wildman–Crippen LogP) is 5.74. The third kappa shape index (κ3) is 5.23. The number of carbonyl (C=O) groups excluding carboxylic acids is 1. The van der Waals surface area contributed by atoms with E-state index in [0.29, 0.717) is 6.10 Å². The Morgan fingerprint density at radius 1 is 1.10 bits per heavy atom. The number of ether oxygens (including phenoxy) is 2. The summed E-state index contributed by atoms with van der Waals surface area (Å²) >= 11 is 0. The van der Waals surface area contributed by atoms with Crippen LogP contribution in [0.2, 0.25) is 0 Å². The minimum absolute atomic E-state index is 0.0162. The molecule has 0 radical (unpaired) electrons. The van der Waals surface area contributed by atoms with Gasteiger partial charge in [-0.15, -0.1) is 0 Å². The Morgan fingerprint density at radius 2 is 1.87 bits per heavy atom. The van der Waals surface area contributed by atoms with Crippen molar-refractivity contribution in [2.24, 2.45) is 17.8 Å². The first-order valence-corrected chi connectivity index (χ1v) is 11.9. The van der Waals surface area contributed by atoms with Gasteiger partial charge in [-0.25, -0.2) is 0 Å². The van der Waals surface area contributed by atoms with Gasteiger partial charge in [-0.1, -0.05) is 26.0 Å². The van der Waals surface area contributed by atoms with Crippen LogP contribution in [-0.2, 0) is 16.1 Å². The van der Waals surface area contributed by atoms with E-state index in [1.165, 1.54) is 54.7 Å². The fraction of sp³-hybridized carbons (Fsp3) is 0.593. The van der Waals surface area contributed by atoms with E-state index < -0.39 is 0 Å². The molecule has 2 fully saturated rings. The maximum atomic E-state index is 11.8. The van der Waals surface area contributed by atoms with Crippen LogP contribution in [0.4, 0.5) is 0 Å². The van der Waals surface area contributed by atoms with Crippen molar-refractivity contribution in [2.45, 2.75) is 65.5 Å². The minimum Gasteiger partial charge on any atom is -0.490 e. The SMILES string of the molecule is COC(=O)C1CCN(Cc2ccc3cc(OC4CCC(C(C)C)CC4)cc(C)c3c2)C1. The highest BCUT2D eigenvalue weighted by atomic mass is 16.5. The summed E-state index contributed by atoms with van der Waals surface area (Å²) in [4.78, 5) is 14.1. The van der Waals surface area contributed by atoms with E-state index in [2.05, 4.69) is 56.0 Å². The summed E-state index contributed by atoms with van der Waals surface area (Å²) in [5.41, 5.74) is 2.56. The summed E-state index contributed by atoms with van der Waals surface area (Å²) < 4.78 is 11.3. The number of aryl methyl sites for hydroxylation is 1. The number of hydrogen-bond acceptors (Lipinski definition) is 4. The fourth-order valence-corrected chi connectivity index (χ4v) is 5.38. The van der Waals surface area contributed by atoms with Gasteiger partial charge in [-0.3, -0.25) is 9.69 Å². The summed E-state index contributed by atoms with van der Waals surface area (Å²) in [7, 11) is 1.48. The summed E-state index contributed by atoms with van der Waals surface area (Å²) in [6.07, 6.45) is 6.14. The molecule has 2 aliphatic rings. The average Bonchev–Trinajstić information content (AvgIpc) is 3.22. The van der Waals surface area contributed by atoms with E-state index in [9.17, 15) is 4.79 Å². The highest BCUT2D eigenvalue weighted by Gasteiger charge is 2.29. The van der Waals surface area contributed by atoms with Gasteiger partial charge in [0.15, 0.2) is 0 Å². The van der Waals surface area contributed by atoms with E-state index in [0.717, 1.165) is 43.6 Å². The Labute approximate surface area is 186 Å². The number of rotatable bonds is 6. The molecular formula is C27H37NO3. The van der Waals surface area contributed by atoms with Crippen molar-refractivity contribution in [1.29, 1.82) is 0 Å². The number of methoxy groups -OCH3 is 1. The van der Waals surface area contributed by atoms with E-state index in [1.807, 2.05) is 0 Å². The van der Waals surface area contributed by atoms with Crippen LogP contribution >= 0.6 is 0 Å². The van der Waals surface area contributed by atoms with E-state index in [1.54, 1.807) is 0 Å². The van der Waals surface area contributed by atoms with Gasteiger partial charge in [0.2, 0.25) is 0 Å². The smallest absolute Gasteiger partial charge is 0.310 e. The molecule has 1 atom stereocenters. The van der Waals surface area contributed by atoms with Crippen LogP contribution in [0.1, 0.15) is 57.1 Å². The first-order chi connectivity index (χ1) is 14.9. The summed E-state index contributed by atoms with van der Waals surface area (Å²) in [6, 6.07) is 11.1. The van der Waals surface area contributed by atoms with Crippen LogP contribution in [0.5, 0.6) is 5.75 Å². The molecule has 0 aromatic heterocycles. The zero-order valence-corrected chi connectivity index (χ0v) is 19.5. The van der Waals surface area contributed by atoms with Gasteiger partial charge >= 0.3 is 5.97 Å². The van der Waals surface area contributed by atoms with Crippen LogP contribution in [0.3, 0.4) is 0 Å². The van der Waals surface area contributed by atoms with Crippen molar-refractivity contribution in [3.8, 4) is 5.75 Å². The molecule has 0 bridgehead atoms. The Balaban J connectivity index is 1.41. The third-order valence-electron chi connectivity index (χ3n) is 7.38. The lowest BCUT2D eigenvalue weighted by Crippen LogP contribution is -2.26. The quantitative estimate of drug-likeness (QED) is 0.556. The number of likely N-dealkylation sites (tertiary alicyclic amines) is 1. The predicted molar refractivity (Wildman–Crippen MR) is 125 cm³/mol. The molecule has 0 spiro atoms. The van der Waals surface area contributed by atoms with Crippen LogP contribution in [-0.4, -0.2) is 37.2 Å².